The van der Waals surface area contributed by atoms with Crippen molar-refractivity contribution < 1.29 is 5.11 Å². The summed E-state index contributed by atoms with van der Waals surface area (Å²) in [6.45, 7) is 1.95. The van der Waals surface area contributed by atoms with Gasteiger partial charge >= 0.3 is 0 Å². The van der Waals surface area contributed by atoms with E-state index in [9.17, 15) is 5.11 Å². The first-order valence-corrected chi connectivity index (χ1v) is 4.77. The average molecular weight is 178 g/mol. The molecule has 1 unspecified atom stereocenters. The van der Waals surface area contributed by atoms with E-state index in [1.807, 2.05) is 31.2 Å². The minimum atomic E-state index is -0.361. The molecule has 1 aromatic rings. The van der Waals surface area contributed by atoms with Gasteiger partial charge in [0.05, 0.1) is 0 Å². The van der Waals surface area contributed by atoms with Crippen LogP contribution in [0.4, 0.5) is 0 Å². The third-order valence-corrected chi connectivity index (χ3v) is 3.15. The van der Waals surface area contributed by atoms with Crippen LogP contribution in [-0.4, -0.2) is 10.5 Å². The van der Waals surface area contributed by atoms with Crippen LogP contribution in [0.3, 0.4) is 0 Å². The Bertz CT molecular complexity index is 330. The quantitative estimate of drug-likeness (QED) is 0.658. The Morgan fingerprint density at radius 3 is 2.92 bits per heavy atom. The minimum absolute atomic E-state index is 0.361. The normalized spacial score (nSPS) is 21.5. The van der Waals surface area contributed by atoms with Gasteiger partial charge in [-0.15, -0.1) is 0 Å². The van der Waals surface area contributed by atoms with Crippen LogP contribution in [0.15, 0.2) is 34.7 Å². The number of hydrogen-bond donors (Lipinski definition) is 1. The first-order chi connectivity index (χ1) is 5.77. The topological polar surface area (TPSA) is 20.2 Å². The van der Waals surface area contributed by atoms with Gasteiger partial charge in [0, 0.05) is 4.90 Å². The predicted octanol–water partition coefficient (Wildman–Crippen LogP) is 2.51. The molecule has 62 valence electrons. The van der Waals surface area contributed by atoms with Crippen LogP contribution in [0, 0.1) is 0 Å². The fourth-order valence-corrected chi connectivity index (χ4v) is 2.15. The molecule has 1 heterocycles. The minimum Gasteiger partial charge on any atom is -0.378 e. The Labute approximate surface area is 76.1 Å². The summed E-state index contributed by atoms with van der Waals surface area (Å²) >= 11 is 1.51. The van der Waals surface area contributed by atoms with Gasteiger partial charge in [0.1, 0.15) is 5.44 Å². The van der Waals surface area contributed by atoms with Crippen molar-refractivity contribution in [2.45, 2.75) is 17.3 Å². The molecule has 1 aliphatic heterocycles. The molecule has 1 aliphatic rings. The Morgan fingerprint density at radius 2 is 2.08 bits per heavy atom. The summed E-state index contributed by atoms with van der Waals surface area (Å²) in [6.07, 6.45) is 2.04. The molecule has 1 aromatic carbocycles. The van der Waals surface area contributed by atoms with E-state index in [2.05, 4.69) is 6.07 Å². The molecule has 0 saturated heterocycles. The van der Waals surface area contributed by atoms with Crippen molar-refractivity contribution in [2.24, 2.45) is 0 Å². The van der Waals surface area contributed by atoms with Gasteiger partial charge in [-0.25, -0.2) is 0 Å². The van der Waals surface area contributed by atoms with Gasteiger partial charge < -0.3 is 5.11 Å². The molecular formula is C10H10OS. The molecule has 0 spiro atoms. The van der Waals surface area contributed by atoms with E-state index in [4.69, 9.17) is 0 Å². The number of thioether (sulfide) groups is 1. The first-order valence-electron chi connectivity index (χ1n) is 3.89. The van der Waals surface area contributed by atoms with Gasteiger partial charge in [-0.05, 0) is 24.1 Å². The van der Waals surface area contributed by atoms with Crippen LogP contribution in [0.1, 0.15) is 12.5 Å². The highest BCUT2D eigenvalue weighted by Crippen LogP contribution is 2.35. The van der Waals surface area contributed by atoms with E-state index in [-0.39, 0.29) is 5.44 Å². The van der Waals surface area contributed by atoms with Crippen LogP contribution in [0.2, 0.25) is 0 Å². The largest absolute Gasteiger partial charge is 0.378 e. The SMILES string of the molecule is CC1=Cc2ccccc2SC1O. The summed E-state index contributed by atoms with van der Waals surface area (Å²) in [7, 11) is 0. The highest BCUT2D eigenvalue weighted by Gasteiger charge is 2.15. The molecule has 0 fully saturated rings. The van der Waals surface area contributed by atoms with E-state index in [0.717, 1.165) is 10.5 Å². The summed E-state index contributed by atoms with van der Waals surface area (Å²) in [5, 5.41) is 9.52. The molecule has 0 amide bonds. The zero-order chi connectivity index (χ0) is 8.55. The number of rotatable bonds is 0. The summed E-state index contributed by atoms with van der Waals surface area (Å²) < 4.78 is 0. The second-order valence-electron chi connectivity index (χ2n) is 2.90. The van der Waals surface area contributed by atoms with E-state index >= 15 is 0 Å². The van der Waals surface area contributed by atoms with E-state index < -0.39 is 0 Å². The van der Waals surface area contributed by atoms with Gasteiger partial charge in [-0.3, -0.25) is 0 Å². The molecule has 2 rings (SSSR count). The van der Waals surface area contributed by atoms with Crippen LogP contribution >= 0.6 is 11.8 Å². The second kappa shape index (κ2) is 2.96. The molecule has 12 heavy (non-hydrogen) atoms. The fraction of sp³-hybridized carbons (Fsp3) is 0.200. The molecule has 1 atom stereocenters. The smallest absolute Gasteiger partial charge is 0.125 e. The van der Waals surface area contributed by atoms with Crippen molar-refractivity contribution in [2.75, 3.05) is 0 Å². The molecule has 0 aromatic heterocycles. The van der Waals surface area contributed by atoms with Crippen LogP contribution in [-0.2, 0) is 0 Å². The van der Waals surface area contributed by atoms with Gasteiger partial charge in [0.25, 0.3) is 0 Å². The van der Waals surface area contributed by atoms with E-state index in [1.54, 1.807) is 0 Å². The maximum atomic E-state index is 9.52. The molecule has 0 saturated carbocycles. The summed E-state index contributed by atoms with van der Waals surface area (Å²) in [5.74, 6) is 0. The summed E-state index contributed by atoms with van der Waals surface area (Å²) in [6, 6.07) is 8.11. The van der Waals surface area contributed by atoms with Crippen molar-refractivity contribution >= 4 is 17.8 Å². The molecule has 0 bridgehead atoms. The van der Waals surface area contributed by atoms with E-state index in [1.165, 1.54) is 17.3 Å². The molecule has 0 radical (unpaired) electrons. The summed E-state index contributed by atoms with van der Waals surface area (Å²) in [5.41, 5.74) is 1.88. The lowest BCUT2D eigenvalue weighted by Crippen LogP contribution is -2.06. The standard InChI is InChI=1S/C10H10OS/c1-7-6-8-4-2-3-5-9(8)12-10(7)11/h2-6,10-11H,1H3. The average Bonchev–Trinajstić information content (AvgIpc) is 2.07. The number of aliphatic hydroxyl groups excluding tert-OH is 1. The molecule has 2 heteroatoms. The van der Waals surface area contributed by atoms with E-state index in [0.29, 0.717) is 0 Å². The van der Waals surface area contributed by atoms with Crippen LogP contribution in [0.5, 0.6) is 0 Å². The molecule has 1 N–H and O–H groups in total. The van der Waals surface area contributed by atoms with Crippen molar-refractivity contribution in [3.8, 4) is 0 Å². The summed E-state index contributed by atoms with van der Waals surface area (Å²) in [4.78, 5) is 1.16. The van der Waals surface area contributed by atoms with Gasteiger partial charge in [0.2, 0.25) is 0 Å². The Morgan fingerprint density at radius 1 is 1.33 bits per heavy atom. The lowest BCUT2D eigenvalue weighted by molar-refractivity contribution is 0.298. The van der Waals surface area contributed by atoms with Gasteiger partial charge in [0.15, 0.2) is 0 Å². The highest BCUT2D eigenvalue weighted by atomic mass is 32.2. The maximum Gasteiger partial charge on any atom is 0.125 e. The highest BCUT2D eigenvalue weighted by molar-refractivity contribution is 8.00. The van der Waals surface area contributed by atoms with Crippen molar-refractivity contribution in [1.29, 1.82) is 0 Å². The molecule has 0 aliphatic carbocycles. The molecular weight excluding hydrogens is 168 g/mol. The maximum absolute atomic E-state index is 9.52. The molecule has 1 nitrogen and oxygen atoms in total. The Kier molecular flexibility index (Phi) is 1.95. The predicted molar refractivity (Wildman–Crippen MR) is 52.0 cm³/mol. The number of aliphatic hydroxyl groups is 1. The Balaban J connectivity index is 2.49. The van der Waals surface area contributed by atoms with Gasteiger partial charge in [-0.1, -0.05) is 36.0 Å². The lowest BCUT2D eigenvalue weighted by atomic mass is 10.1. The van der Waals surface area contributed by atoms with Crippen molar-refractivity contribution in [1.82, 2.24) is 0 Å². The monoisotopic (exact) mass is 178 g/mol. The second-order valence-corrected chi connectivity index (χ2v) is 4.02. The zero-order valence-corrected chi connectivity index (χ0v) is 7.64. The first kappa shape index (κ1) is 7.90. The number of benzene rings is 1. The number of fused-ring (bicyclic) bond motifs is 1. The van der Waals surface area contributed by atoms with Gasteiger partial charge in [-0.2, -0.15) is 0 Å². The van der Waals surface area contributed by atoms with Crippen molar-refractivity contribution in [3.63, 3.8) is 0 Å². The van der Waals surface area contributed by atoms with Crippen molar-refractivity contribution in [3.05, 3.63) is 35.4 Å². The third kappa shape index (κ3) is 1.28. The fourth-order valence-electron chi connectivity index (χ4n) is 1.24. The zero-order valence-electron chi connectivity index (χ0n) is 6.82. The number of hydrogen-bond acceptors (Lipinski definition) is 2. The Hall–Kier alpha value is -0.730. The van der Waals surface area contributed by atoms with Crippen LogP contribution in [0.25, 0.3) is 6.08 Å². The van der Waals surface area contributed by atoms with Crippen LogP contribution < -0.4 is 0 Å². The lowest BCUT2D eigenvalue weighted by Gasteiger charge is -2.18. The third-order valence-electron chi connectivity index (χ3n) is 1.93.